The summed E-state index contributed by atoms with van der Waals surface area (Å²) >= 11 is 0. The Morgan fingerprint density at radius 1 is 1.56 bits per heavy atom. The molecule has 0 aliphatic heterocycles. The smallest absolute Gasteiger partial charge is 0.396 e. The van der Waals surface area contributed by atoms with Gasteiger partial charge in [0.05, 0.1) is 17.6 Å². The zero-order valence-electron chi connectivity index (χ0n) is 8.73. The molecule has 0 atom stereocenters. The lowest BCUT2D eigenvalue weighted by molar-refractivity contribution is -0.141. The van der Waals surface area contributed by atoms with Crippen LogP contribution in [0.5, 0.6) is 0 Å². The highest BCUT2D eigenvalue weighted by molar-refractivity contribution is 5.65. The van der Waals surface area contributed by atoms with Gasteiger partial charge in [-0.3, -0.25) is 0 Å². The summed E-state index contributed by atoms with van der Waals surface area (Å²) in [6.07, 6.45) is -3.48. The number of nitrogens with one attached hydrogen (secondary N) is 1. The number of halogens is 3. The molecule has 0 saturated carbocycles. The van der Waals surface area contributed by atoms with Gasteiger partial charge < -0.3 is 11.1 Å². The Morgan fingerprint density at radius 2 is 2.19 bits per heavy atom. The number of anilines is 2. The molecular weight excluding hydrogens is 219 g/mol. The lowest BCUT2D eigenvalue weighted by atomic mass is 10.2. The number of nitrogen functional groups attached to an aromatic ring is 1. The van der Waals surface area contributed by atoms with Gasteiger partial charge in [-0.15, -0.1) is 0 Å². The van der Waals surface area contributed by atoms with E-state index in [1.54, 1.807) is 6.92 Å². The van der Waals surface area contributed by atoms with Gasteiger partial charge in [-0.1, -0.05) is 12.2 Å². The van der Waals surface area contributed by atoms with E-state index in [4.69, 9.17) is 5.73 Å². The molecular formula is C10H12F3N3. The van der Waals surface area contributed by atoms with Crippen molar-refractivity contribution in [3.8, 4) is 0 Å². The summed E-state index contributed by atoms with van der Waals surface area (Å²) in [4.78, 5) is 3.22. The van der Waals surface area contributed by atoms with Crippen LogP contribution in [-0.4, -0.2) is 11.5 Å². The quantitative estimate of drug-likeness (QED) is 0.786. The summed E-state index contributed by atoms with van der Waals surface area (Å²) in [6.45, 7) is 5.76. The van der Waals surface area contributed by atoms with E-state index < -0.39 is 11.9 Å². The molecule has 0 aromatic carbocycles. The standard InChI is InChI=1S/C10H12F3N3/c1-6(2)4-15-8-3-9(10(11,12)13)16-5-7(8)14/h3,5H,1,4,14H2,2H3,(H,15,16). The fourth-order valence-electron chi connectivity index (χ4n) is 1.02. The van der Waals surface area contributed by atoms with Crippen molar-refractivity contribution < 1.29 is 13.2 Å². The monoisotopic (exact) mass is 231 g/mol. The molecule has 6 heteroatoms. The molecule has 0 unspecified atom stereocenters. The van der Waals surface area contributed by atoms with Gasteiger partial charge in [0.25, 0.3) is 0 Å². The number of aromatic nitrogens is 1. The fourth-order valence-corrected chi connectivity index (χ4v) is 1.02. The first-order chi connectivity index (χ1) is 7.30. The van der Waals surface area contributed by atoms with Crippen LogP contribution < -0.4 is 11.1 Å². The maximum Gasteiger partial charge on any atom is 0.433 e. The minimum Gasteiger partial charge on any atom is -0.396 e. The minimum atomic E-state index is -4.46. The maximum atomic E-state index is 12.3. The normalized spacial score (nSPS) is 11.2. The fraction of sp³-hybridized carbons (Fsp3) is 0.300. The van der Waals surface area contributed by atoms with Crippen molar-refractivity contribution in [1.29, 1.82) is 0 Å². The van der Waals surface area contributed by atoms with E-state index in [1.807, 2.05) is 0 Å². The number of alkyl halides is 3. The molecule has 0 aliphatic carbocycles. The van der Waals surface area contributed by atoms with Gasteiger partial charge in [-0.2, -0.15) is 13.2 Å². The Kier molecular flexibility index (Phi) is 3.41. The molecule has 0 bridgehead atoms. The number of hydrogen-bond acceptors (Lipinski definition) is 3. The molecule has 1 rings (SSSR count). The molecule has 1 aromatic rings. The molecule has 0 spiro atoms. The van der Waals surface area contributed by atoms with E-state index in [1.165, 1.54) is 0 Å². The van der Waals surface area contributed by atoms with Crippen LogP contribution in [0.15, 0.2) is 24.4 Å². The summed E-state index contributed by atoms with van der Waals surface area (Å²) < 4.78 is 37.0. The van der Waals surface area contributed by atoms with Crippen molar-refractivity contribution in [1.82, 2.24) is 4.98 Å². The van der Waals surface area contributed by atoms with E-state index in [2.05, 4.69) is 16.9 Å². The first-order valence-electron chi connectivity index (χ1n) is 4.51. The van der Waals surface area contributed by atoms with E-state index in [0.717, 1.165) is 17.8 Å². The van der Waals surface area contributed by atoms with Crippen molar-refractivity contribution in [2.24, 2.45) is 0 Å². The first kappa shape index (κ1) is 12.4. The van der Waals surface area contributed by atoms with Gasteiger partial charge in [0, 0.05) is 6.54 Å². The summed E-state index contributed by atoms with van der Waals surface area (Å²) in [6, 6.07) is 0.887. The second-order valence-electron chi connectivity index (χ2n) is 3.47. The lowest BCUT2D eigenvalue weighted by Crippen LogP contribution is -2.11. The Balaban J connectivity index is 2.95. The Hall–Kier alpha value is -1.72. The Labute approximate surface area is 91.2 Å². The molecule has 1 aromatic heterocycles. The Morgan fingerprint density at radius 3 is 2.69 bits per heavy atom. The third kappa shape index (κ3) is 3.15. The number of nitrogens with two attached hydrogens (primary N) is 1. The lowest BCUT2D eigenvalue weighted by Gasteiger charge is -2.12. The maximum absolute atomic E-state index is 12.3. The summed E-state index contributed by atoms with van der Waals surface area (Å²) in [5.41, 5.74) is 5.71. The van der Waals surface area contributed by atoms with Gasteiger partial charge in [0.1, 0.15) is 5.69 Å². The highest BCUT2D eigenvalue weighted by Gasteiger charge is 2.32. The van der Waals surface area contributed by atoms with E-state index >= 15 is 0 Å². The zero-order valence-corrected chi connectivity index (χ0v) is 8.73. The number of nitrogens with zero attached hydrogens (tertiary/aromatic N) is 1. The third-order valence-electron chi connectivity index (χ3n) is 1.81. The van der Waals surface area contributed by atoms with Crippen LogP contribution >= 0.6 is 0 Å². The van der Waals surface area contributed by atoms with Crippen LogP contribution in [0.4, 0.5) is 24.5 Å². The van der Waals surface area contributed by atoms with Crippen molar-refractivity contribution in [2.75, 3.05) is 17.6 Å². The summed E-state index contributed by atoms with van der Waals surface area (Å²) in [7, 11) is 0. The first-order valence-corrected chi connectivity index (χ1v) is 4.51. The largest absolute Gasteiger partial charge is 0.433 e. The van der Waals surface area contributed by atoms with Gasteiger partial charge in [-0.25, -0.2) is 4.98 Å². The number of hydrogen-bond donors (Lipinski definition) is 2. The highest BCUT2D eigenvalue weighted by atomic mass is 19.4. The molecule has 0 saturated heterocycles. The number of pyridine rings is 1. The molecule has 0 fully saturated rings. The molecule has 3 N–H and O–H groups in total. The van der Waals surface area contributed by atoms with Crippen molar-refractivity contribution in [3.05, 3.63) is 30.1 Å². The van der Waals surface area contributed by atoms with Crippen LogP contribution in [0.3, 0.4) is 0 Å². The summed E-state index contributed by atoms with van der Waals surface area (Å²) in [5, 5.41) is 2.76. The van der Waals surface area contributed by atoms with Crippen LogP contribution in [0, 0.1) is 0 Å². The van der Waals surface area contributed by atoms with Crippen molar-refractivity contribution in [3.63, 3.8) is 0 Å². The number of rotatable bonds is 3. The van der Waals surface area contributed by atoms with Crippen LogP contribution in [0.2, 0.25) is 0 Å². The third-order valence-corrected chi connectivity index (χ3v) is 1.81. The second-order valence-corrected chi connectivity index (χ2v) is 3.47. The Bertz CT molecular complexity index is 399. The summed E-state index contributed by atoms with van der Waals surface area (Å²) in [5.74, 6) is 0. The minimum absolute atomic E-state index is 0.175. The predicted molar refractivity (Wildman–Crippen MR) is 57.0 cm³/mol. The molecule has 0 radical (unpaired) electrons. The van der Waals surface area contributed by atoms with E-state index in [9.17, 15) is 13.2 Å². The topological polar surface area (TPSA) is 50.9 Å². The van der Waals surface area contributed by atoms with Gasteiger partial charge >= 0.3 is 6.18 Å². The molecule has 1 heterocycles. The highest BCUT2D eigenvalue weighted by Crippen LogP contribution is 2.30. The average Bonchev–Trinajstić information content (AvgIpc) is 2.14. The van der Waals surface area contributed by atoms with Crippen LogP contribution in [-0.2, 0) is 6.18 Å². The van der Waals surface area contributed by atoms with E-state index in [-0.39, 0.29) is 11.4 Å². The van der Waals surface area contributed by atoms with Gasteiger partial charge in [0.2, 0.25) is 0 Å². The second kappa shape index (κ2) is 4.42. The molecule has 0 aliphatic rings. The SMILES string of the molecule is C=C(C)CNc1cc(C(F)(F)F)ncc1N. The molecule has 3 nitrogen and oxygen atoms in total. The predicted octanol–water partition coefficient (Wildman–Crippen LogP) is 2.67. The zero-order chi connectivity index (χ0) is 12.3. The van der Waals surface area contributed by atoms with Gasteiger partial charge in [0.15, 0.2) is 0 Å². The molecule has 88 valence electrons. The van der Waals surface area contributed by atoms with Crippen LogP contribution in [0.25, 0.3) is 0 Å². The van der Waals surface area contributed by atoms with Crippen molar-refractivity contribution >= 4 is 11.4 Å². The van der Waals surface area contributed by atoms with Crippen LogP contribution in [0.1, 0.15) is 12.6 Å². The average molecular weight is 231 g/mol. The molecule has 16 heavy (non-hydrogen) atoms. The van der Waals surface area contributed by atoms with Crippen molar-refractivity contribution in [2.45, 2.75) is 13.1 Å². The van der Waals surface area contributed by atoms with E-state index in [0.29, 0.717) is 6.54 Å². The van der Waals surface area contributed by atoms with Gasteiger partial charge in [-0.05, 0) is 13.0 Å². The molecule has 0 amide bonds.